The molecule has 166 valence electrons. The van der Waals surface area contributed by atoms with Gasteiger partial charge in [0.05, 0.1) is 0 Å². The molecule has 0 aliphatic heterocycles. The van der Waals surface area contributed by atoms with Gasteiger partial charge in [0.15, 0.2) is 0 Å². The van der Waals surface area contributed by atoms with Gasteiger partial charge in [0.2, 0.25) is 0 Å². The minimum absolute atomic E-state index is 0.716. The summed E-state index contributed by atoms with van der Waals surface area (Å²) in [5.41, 5.74) is 2.03. The molecule has 5 aromatic rings. The van der Waals surface area contributed by atoms with E-state index in [1.54, 1.807) is 0 Å². The molecule has 0 unspecified atom stereocenters. The van der Waals surface area contributed by atoms with Crippen LogP contribution in [-0.2, 0) is 0 Å². The average molecular weight is 480 g/mol. The number of rotatable bonds is 7. The van der Waals surface area contributed by atoms with Gasteiger partial charge in [-0.2, -0.15) is 0 Å². The summed E-state index contributed by atoms with van der Waals surface area (Å²) in [6.07, 6.45) is 0. The molecule has 5 aromatic carbocycles. The molecular formula is C30H23ClNOP. The minimum Gasteiger partial charge on any atom is -0.457 e. The molecule has 0 atom stereocenters. The summed E-state index contributed by atoms with van der Waals surface area (Å²) in [6, 6.07) is 45.3. The molecule has 0 bridgehead atoms. The molecule has 0 aliphatic rings. The summed E-state index contributed by atoms with van der Waals surface area (Å²) in [5, 5.41) is 8.07. The monoisotopic (exact) mass is 479 g/mol. The fraction of sp³-hybridized carbons (Fsp3) is 0. The van der Waals surface area contributed by atoms with Gasteiger partial charge in [-0.1, -0.05) is 90.5 Å². The maximum absolute atomic E-state index is 6.23. The Hall–Kier alpha value is -3.58. The predicted octanol–water partition coefficient (Wildman–Crippen LogP) is 7.63. The van der Waals surface area contributed by atoms with Crippen LogP contribution in [0.4, 0.5) is 11.4 Å². The van der Waals surface area contributed by atoms with Crippen LogP contribution in [0.15, 0.2) is 133 Å². The van der Waals surface area contributed by atoms with Gasteiger partial charge in [0.25, 0.3) is 0 Å². The first-order chi connectivity index (χ1) is 16.8. The summed E-state index contributed by atoms with van der Waals surface area (Å²) in [7, 11) is -0.829. The average Bonchev–Trinajstić information content (AvgIpc) is 2.89. The number of nitrogens with one attached hydrogen (secondary N) is 1. The van der Waals surface area contributed by atoms with Crippen LogP contribution in [0, 0.1) is 0 Å². The highest BCUT2D eigenvalue weighted by Crippen LogP contribution is 2.38. The summed E-state index contributed by atoms with van der Waals surface area (Å²) in [4.78, 5) is 0. The van der Waals surface area contributed by atoms with Crippen LogP contribution in [0.3, 0.4) is 0 Å². The molecule has 0 saturated heterocycles. The Balaban J connectivity index is 1.63. The van der Waals surface area contributed by atoms with Crippen molar-refractivity contribution in [2.45, 2.75) is 0 Å². The second-order valence-electron chi connectivity index (χ2n) is 7.73. The summed E-state index contributed by atoms with van der Waals surface area (Å²) in [5.74, 6) is 1.62. The second-order valence-corrected chi connectivity index (χ2v) is 10.4. The first kappa shape index (κ1) is 22.2. The second kappa shape index (κ2) is 10.6. The van der Waals surface area contributed by atoms with E-state index in [1.807, 2.05) is 60.7 Å². The van der Waals surface area contributed by atoms with E-state index in [0.717, 1.165) is 22.9 Å². The topological polar surface area (TPSA) is 21.3 Å². The van der Waals surface area contributed by atoms with Gasteiger partial charge < -0.3 is 10.1 Å². The van der Waals surface area contributed by atoms with Crippen molar-refractivity contribution < 1.29 is 4.74 Å². The van der Waals surface area contributed by atoms with Crippen LogP contribution < -0.4 is 26.0 Å². The smallest absolute Gasteiger partial charge is 0.128 e. The SMILES string of the molecule is Clc1ccc(Nc2ccc(Oc3ccccc3)cc2P(c2ccccc2)c2ccccc2)cc1. The third-order valence-corrected chi connectivity index (χ3v) is 8.07. The van der Waals surface area contributed by atoms with E-state index in [0.29, 0.717) is 5.02 Å². The lowest BCUT2D eigenvalue weighted by Gasteiger charge is -2.24. The van der Waals surface area contributed by atoms with E-state index >= 15 is 0 Å². The Morgan fingerprint density at radius 1 is 0.559 bits per heavy atom. The van der Waals surface area contributed by atoms with Crippen LogP contribution in [0.25, 0.3) is 0 Å². The molecule has 34 heavy (non-hydrogen) atoms. The van der Waals surface area contributed by atoms with Crippen LogP contribution in [0.1, 0.15) is 0 Å². The third kappa shape index (κ3) is 5.31. The molecule has 4 heteroatoms. The van der Waals surface area contributed by atoms with Crippen LogP contribution in [0.2, 0.25) is 5.02 Å². The standard InChI is InChI=1S/C30H23ClNOP/c31-23-16-18-24(19-17-23)32-29-21-20-26(33-25-10-4-1-5-11-25)22-30(29)34(27-12-6-2-7-13-27)28-14-8-3-9-15-28/h1-22,32H. The molecule has 0 radical (unpaired) electrons. The molecule has 1 N–H and O–H groups in total. The van der Waals surface area contributed by atoms with Crippen molar-refractivity contribution in [2.24, 2.45) is 0 Å². The number of ether oxygens (including phenoxy) is 1. The number of hydrogen-bond acceptors (Lipinski definition) is 2. The zero-order chi connectivity index (χ0) is 23.2. The Kier molecular flexibility index (Phi) is 6.91. The summed E-state index contributed by atoms with van der Waals surface area (Å²) in [6.45, 7) is 0. The molecule has 0 aliphatic carbocycles. The maximum atomic E-state index is 6.23. The largest absolute Gasteiger partial charge is 0.457 e. The van der Waals surface area contributed by atoms with E-state index in [-0.39, 0.29) is 0 Å². The van der Waals surface area contributed by atoms with Crippen molar-refractivity contribution in [1.29, 1.82) is 0 Å². The third-order valence-electron chi connectivity index (χ3n) is 5.34. The summed E-state index contributed by atoms with van der Waals surface area (Å²) >= 11 is 6.11. The van der Waals surface area contributed by atoms with E-state index in [2.05, 4.69) is 78.1 Å². The molecule has 5 rings (SSSR count). The van der Waals surface area contributed by atoms with Gasteiger partial charge in [-0.15, -0.1) is 0 Å². The maximum Gasteiger partial charge on any atom is 0.128 e. The van der Waals surface area contributed by atoms with Gasteiger partial charge in [-0.3, -0.25) is 0 Å². The zero-order valence-corrected chi connectivity index (χ0v) is 20.1. The Bertz CT molecular complexity index is 1300. The number of para-hydroxylation sites is 1. The van der Waals surface area contributed by atoms with Crippen LogP contribution >= 0.6 is 19.5 Å². The van der Waals surface area contributed by atoms with Gasteiger partial charge >= 0.3 is 0 Å². The van der Waals surface area contributed by atoms with Gasteiger partial charge in [0.1, 0.15) is 11.5 Å². The van der Waals surface area contributed by atoms with Crippen LogP contribution in [0.5, 0.6) is 11.5 Å². The van der Waals surface area contributed by atoms with Gasteiger partial charge in [-0.05, 0) is 73.1 Å². The fourth-order valence-electron chi connectivity index (χ4n) is 3.76. The summed E-state index contributed by atoms with van der Waals surface area (Å²) < 4.78 is 6.23. The molecule has 2 nitrogen and oxygen atoms in total. The van der Waals surface area contributed by atoms with E-state index in [4.69, 9.17) is 16.3 Å². The minimum atomic E-state index is -0.829. The van der Waals surface area contributed by atoms with Crippen molar-refractivity contribution in [1.82, 2.24) is 0 Å². The number of anilines is 2. The molecule has 0 amide bonds. The highest BCUT2D eigenvalue weighted by atomic mass is 35.5. The van der Waals surface area contributed by atoms with Crippen molar-refractivity contribution in [2.75, 3.05) is 5.32 Å². The first-order valence-electron chi connectivity index (χ1n) is 11.1. The molecule has 0 fully saturated rings. The van der Waals surface area contributed by atoms with Crippen molar-refractivity contribution in [3.8, 4) is 11.5 Å². The molecule has 0 aromatic heterocycles. The normalized spacial score (nSPS) is 10.8. The number of halogens is 1. The lowest BCUT2D eigenvalue weighted by atomic mass is 10.2. The molecule has 0 heterocycles. The quantitative estimate of drug-likeness (QED) is 0.242. The molecule has 0 spiro atoms. The highest BCUT2D eigenvalue weighted by molar-refractivity contribution is 7.80. The Morgan fingerprint density at radius 2 is 1.12 bits per heavy atom. The van der Waals surface area contributed by atoms with Crippen molar-refractivity contribution in [3.05, 3.63) is 138 Å². The van der Waals surface area contributed by atoms with Crippen molar-refractivity contribution >= 4 is 46.8 Å². The van der Waals surface area contributed by atoms with Crippen molar-refractivity contribution in [3.63, 3.8) is 0 Å². The predicted molar refractivity (Wildman–Crippen MR) is 146 cm³/mol. The van der Waals surface area contributed by atoms with Gasteiger partial charge in [-0.25, -0.2) is 0 Å². The lowest BCUT2D eigenvalue weighted by Crippen LogP contribution is -2.22. The fourth-order valence-corrected chi connectivity index (χ4v) is 6.31. The lowest BCUT2D eigenvalue weighted by molar-refractivity contribution is 0.483. The van der Waals surface area contributed by atoms with E-state index in [1.165, 1.54) is 15.9 Å². The van der Waals surface area contributed by atoms with E-state index < -0.39 is 7.92 Å². The number of hydrogen-bond donors (Lipinski definition) is 1. The van der Waals surface area contributed by atoms with E-state index in [9.17, 15) is 0 Å². The number of benzene rings is 5. The highest BCUT2D eigenvalue weighted by Gasteiger charge is 2.21. The van der Waals surface area contributed by atoms with Crippen LogP contribution in [-0.4, -0.2) is 0 Å². The van der Waals surface area contributed by atoms with Gasteiger partial charge in [0, 0.05) is 21.7 Å². The molecule has 0 saturated carbocycles. The Labute approximate surface area is 206 Å². The first-order valence-corrected chi connectivity index (χ1v) is 12.8. The zero-order valence-electron chi connectivity index (χ0n) is 18.4. The molecular weight excluding hydrogens is 457 g/mol. The Morgan fingerprint density at radius 3 is 1.71 bits per heavy atom.